The summed E-state index contributed by atoms with van der Waals surface area (Å²) in [7, 11) is 0. The summed E-state index contributed by atoms with van der Waals surface area (Å²) in [5, 5.41) is 4.27. The highest BCUT2D eigenvalue weighted by Crippen LogP contribution is 2.33. The van der Waals surface area contributed by atoms with Crippen LogP contribution in [0.5, 0.6) is 5.75 Å². The zero-order chi connectivity index (χ0) is 20.1. The van der Waals surface area contributed by atoms with E-state index in [4.69, 9.17) is 14.7 Å². The standard InChI is InChI=1S/C23H16FN5O/c24-18-5-2-1-4-17(18)22-26-19-8-9-21(28-12-3-11-25-28)27-23(19)29(22)16-7-6-15-10-13-30-20(15)14-16/h1-9,11-12,14H,10,13H2. The van der Waals surface area contributed by atoms with Crippen LogP contribution < -0.4 is 4.74 Å². The predicted molar refractivity (Wildman–Crippen MR) is 111 cm³/mol. The highest BCUT2D eigenvalue weighted by molar-refractivity contribution is 5.81. The van der Waals surface area contributed by atoms with Crippen LogP contribution in [0.25, 0.3) is 34.1 Å². The van der Waals surface area contributed by atoms with Gasteiger partial charge in [0.1, 0.15) is 22.9 Å². The minimum atomic E-state index is -0.334. The molecule has 7 heteroatoms. The van der Waals surface area contributed by atoms with E-state index in [-0.39, 0.29) is 5.82 Å². The Hall–Kier alpha value is -4.00. The first-order valence-electron chi connectivity index (χ1n) is 9.68. The van der Waals surface area contributed by atoms with Gasteiger partial charge in [-0.2, -0.15) is 5.10 Å². The molecule has 0 atom stereocenters. The van der Waals surface area contributed by atoms with Crippen molar-refractivity contribution < 1.29 is 9.13 Å². The molecule has 2 aromatic carbocycles. The lowest BCUT2D eigenvalue weighted by molar-refractivity contribution is 0.356. The van der Waals surface area contributed by atoms with Gasteiger partial charge in [-0.05, 0) is 42.0 Å². The van der Waals surface area contributed by atoms with E-state index in [2.05, 4.69) is 5.10 Å². The normalized spacial score (nSPS) is 12.8. The Labute approximate surface area is 171 Å². The number of pyridine rings is 1. The molecule has 0 saturated heterocycles. The maximum atomic E-state index is 14.7. The Balaban J connectivity index is 1.65. The molecule has 1 aliphatic heterocycles. The lowest BCUT2D eigenvalue weighted by Gasteiger charge is -2.11. The first-order chi connectivity index (χ1) is 14.8. The van der Waals surface area contributed by atoms with Gasteiger partial charge in [-0.25, -0.2) is 19.0 Å². The molecule has 0 spiro atoms. The third kappa shape index (κ3) is 2.59. The molecule has 0 amide bonds. The minimum Gasteiger partial charge on any atom is -0.493 e. The van der Waals surface area contributed by atoms with E-state index in [1.807, 2.05) is 47.2 Å². The van der Waals surface area contributed by atoms with Gasteiger partial charge in [0.25, 0.3) is 0 Å². The minimum absolute atomic E-state index is 0.334. The third-order valence-electron chi connectivity index (χ3n) is 5.28. The van der Waals surface area contributed by atoms with Gasteiger partial charge in [0, 0.05) is 24.9 Å². The molecule has 0 aliphatic carbocycles. The number of imidazole rings is 1. The lowest BCUT2D eigenvalue weighted by atomic mass is 10.1. The van der Waals surface area contributed by atoms with E-state index >= 15 is 0 Å². The molecule has 146 valence electrons. The second-order valence-electron chi connectivity index (χ2n) is 7.10. The zero-order valence-electron chi connectivity index (χ0n) is 15.9. The summed E-state index contributed by atoms with van der Waals surface area (Å²) < 4.78 is 24.0. The Morgan fingerprint density at radius 2 is 1.90 bits per heavy atom. The molecule has 1 aliphatic rings. The molecule has 30 heavy (non-hydrogen) atoms. The lowest BCUT2D eigenvalue weighted by Crippen LogP contribution is -2.03. The van der Waals surface area contributed by atoms with Gasteiger partial charge in [-0.15, -0.1) is 0 Å². The van der Waals surface area contributed by atoms with Gasteiger partial charge < -0.3 is 4.74 Å². The fourth-order valence-electron chi connectivity index (χ4n) is 3.84. The summed E-state index contributed by atoms with van der Waals surface area (Å²) in [6.45, 7) is 0.672. The largest absolute Gasteiger partial charge is 0.493 e. The average molecular weight is 397 g/mol. The fraction of sp³-hybridized carbons (Fsp3) is 0.0870. The monoisotopic (exact) mass is 397 g/mol. The van der Waals surface area contributed by atoms with Crippen LogP contribution in [0.15, 0.2) is 73.1 Å². The van der Waals surface area contributed by atoms with Crippen LogP contribution in [0.1, 0.15) is 5.56 Å². The van der Waals surface area contributed by atoms with Crippen molar-refractivity contribution in [2.45, 2.75) is 6.42 Å². The second kappa shape index (κ2) is 6.52. The van der Waals surface area contributed by atoms with Crippen LogP contribution in [0.2, 0.25) is 0 Å². The Kier molecular flexibility index (Phi) is 3.67. The van der Waals surface area contributed by atoms with Crippen molar-refractivity contribution in [2.24, 2.45) is 0 Å². The fourth-order valence-corrected chi connectivity index (χ4v) is 3.84. The summed E-state index contributed by atoms with van der Waals surface area (Å²) in [6.07, 6.45) is 4.42. The zero-order valence-corrected chi connectivity index (χ0v) is 15.9. The van der Waals surface area contributed by atoms with Crippen LogP contribution in [-0.4, -0.2) is 30.9 Å². The number of hydrogen-bond donors (Lipinski definition) is 0. The van der Waals surface area contributed by atoms with Crippen LogP contribution in [0.4, 0.5) is 4.39 Å². The van der Waals surface area contributed by atoms with Crippen molar-refractivity contribution in [1.82, 2.24) is 24.3 Å². The van der Waals surface area contributed by atoms with Crippen LogP contribution >= 0.6 is 0 Å². The molecule has 3 aromatic heterocycles. The van der Waals surface area contributed by atoms with Crippen LogP contribution in [0, 0.1) is 5.82 Å². The Morgan fingerprint density at radius 3 is 2.77 bits per heavy atom. The molecule has 0 bridgehead atoms. The molecule has 0 N–H and O–H groups in total. The molecule has 6 nitrogen and oxygen atoms in total. The number of benzene rings is 2. The molecule has 4 heterocycles. The Morgan fingerprint density at radius 1 is 0.967 bits per heavy atom. The van der Waals surface area contributed by atoms with Crippen molar-refractivity contribution in [2.75, 3.05) is 6.61 Å². The summed E-state index contributed by atoms with van der Waals surface area (Å²) in [4.78, 5) is 9.53. The molecular weight excluding hydrogens is 381 g/mol. The van der Waals surface area contributed by atoms with Gasteiger partial charge >= 0.3 is 0 Å². The quantitative estimate of drug-likeness (QED) is 0.454. The number of rotatable bonds is 3. The number of ether oxygens (including phenoxy) is 1. The summed E-state index contributed by atoms with van der Waals surface area (Å²) in [6, 6.07) is 18.2. The van der Waals surface area contributed by atoms with E-state index in [1.165, 1.54) is 11.6 Å². The van der Waals surface area contributed by atoms with Gasteiger partial charge in [0.2, 0.25) is 0 Å². The number of fused-ring (bicyclic) bond motifs is 2. The van der Waals surface area contributed by atoms with Crippen molar-refractivity contribution in [1.29, 1.82) is 0 Å². The molecular formula is C23H16FN5O. The smallest absolute Gasteiger partial charge is 0.167 e. The van der Waals surface area contributed by atoms with Gasteiger partial charge in [-0.1, -0.05) is 18.2 Å². The van der Waals surface area contributed by atoms with Crippen LogP contribution in [0.3, 0.4) is 0 Å². The molecule has 5 aromatic rings. The van der Waals surface area contributed by atoms with E-state index in [1.54, 1.807) is 29.1 Å². The highest BCUT2D eigenvalue weighted by atomic mass is 19.1. The maximum absolute atomic E-state index is 14.7. The average Bonchev–Trinajstić information content (AvgIpc) is 3.51. The molecule has 0 unspecified atom stereocenters. The first-order valence-corrected chi connectivity index (χ1v) is 9.68. The summed E-state index contributed by atoms with van der Waals surface area (Å²) in [5.74, 6) is 1.66. The predicted octanol–water partition coefficient (Wildman–Crippen LogP) is 4.35. The van der Waals surface area contributed by atoms with Crippen molar-refractivity contribution >= 4 is 11.2 Å². The number of aromatic nitrogens is 5. The van der Waals surface area contributed by atoms with E-state index < -0.39 is 0 Å². The van der Waals surface area contributed by atoms with Gasteiger partial charge in [0.15, 0.2) is 11.5 Å². The van der Waals surface area contributed by atoms with Crippen molar-refractivity contribution in [3.8, 4) is 28.6 Å². The number of halogens is 1. The Bertz CT molecular complexity index is 1390. The number of nitrogens with zero attached hydrogens (tertiary/aromatic N) is 5. The van der Waals surface area contributed by atoms with Crippen molar-refractivity contribution in [3.63, 3.8) is 0 Å². The number of hydrogen-bond acceptors (Lipinski definition) is 4. The topological polar surface area (TPSA) is 57.8 Å². The highest BCUT2D eigenvalue weighted by Gasteiger charge is 2.21. The van der Waals surface area contributed by atoms with E-state index in [0.29, 0.717) is 35.0 Å². The van der Waals surface area contributed by atoms with Gasteiger partial charge in [0.05, 0.1) is 17.9 Å². The first kappa shape index (κ1) is 16.9. The van der Waals surface area contributed by atoms with E-state index in [0.717, 1.165) is 17.9 Å². The second-order valence-corrected chi connectivity index (χ2v) is 7.10. The summed E-state index contributed by atoms with van der Waals surface area (Å²) >= 11 is 0. The maximum Gasteiger partial charge on any atom is 0.167 e. The molecule has 0 fully saturated rings. The van der Waals surface area contributed by atoms with E-state index in [9.17, 15) is 4.39 Å². The summed E-state index contributed by atoms with van der Waals surface area (Å²) in [5.41, 5.74) is 3.70. The molecule has 0 saturated carbocycles. The molecule has 0 radical (unpaired) electrons. The SMILES string of the molecule is Fc1ccccc1-c1nc2ccc(-n3cccn3)nc2n1-c1ccc2c(c1)OCC2. The van der Waals surface area contributed by atoms with Gasteiger partial charge in [-0.3, -0.25) is 4.57 Å². The van der Waals surface area contributed by atoms with Crippen molar-refractivity contribution in [3.05, 3.63) is 84.4 Å². The third-order valence-corrected chi connectivity index (χ3v) is 5.28. The van der Waals surface area contributed by atoms with Crippen LogP contribution in [-0.2, 0) is 6.42 Å². The molecule has 6 rings (SSSR count).